The Morgan fingerprint density at radius 2 is 2.26 bits per heavy atom. The van der Waals surface area contributed by atoms with Crippen molar-refractivity contribution in [2.75, 3.05) is 29.1 Å². The van der Waals surface area contributed by atoms with Gasteiger partial charge in [0, 0.05) is 29.8 Å². The van der Waals surface area contributed by atoms with Crippen LogP contribution in [0.25, 0.3) is 0 Å². The fraction of sp³-hybridized carbons (Fsp3) is 0.429. The molecule has 1 saturated heterocycles. The lowest BCUT2D eigenvalue weighted by molar-refractivity contribution is -0.112. The molecule has 5 heteroatoms. The summed E-state index contributed by atoms with van der Waals surface area (Å²) in [7, 11) is 0. The number of amides is 1. The Bertz CT molecular complexity index is 544. The van der Waals surface area contributed by atoms with Gasteiger partial charge in [-0.1, -0.05) is 6.92 Å². The van der Waals surface area contributed by atoms with Crippen molar-refractivity contribution < 1.29 is 9.59 Å². The summed E-state index contributed by atoms with van der Waals surface area (Å²) in [6, 6.07) is 5.62. The van der Waals surface area contributed by atoms with E-state index in [9.17, 15) is 9.59 Å². The minimum absolute atomic E-state index is 0.429. The summed E-state index contributed by atoms with van der Waals surface area (Å²) in [4.78, 5) is 25.2. The fourth-order valence-electron chi connectivity index (χ4n) is 2.53. The summed E-state index contributed by atoms with van der Waals surface area (Å²) in [6.07, 6.45) is 1.17. The van der Waals surface area contributed by atoms with Gasteiger partial charge in [0.15, 0.2) is 0 Å². The van der Waals surface area contributed by atoms with Crippen LogP contribution in [0.4, 0.5) is 11.4 Å². The van der Waals surface area contributed by atoms with Crippen LogP contribution in [0.1, 0.15) is 23.7 Å². The summed E-state index contributed by atoms with van der Waals surface area (Å²) in [5.41, 5.74) is 2.23. The number of hydrogen-bond donors (Lipinski definition) is 1. The summed E-state index contributed by atoms with van der Waals surface area (Å²) in [5, 5.41) is 3.30. The van der Waals surface area contributed by atoms with Crippen LogP contribution < -0.4 is 10.2 Å². The average Bonchev–Trinajstić information content (AvgIpc) is 2.73. The van der Waals surface area contributed by atoms with Crippen molar-refractivity contribution >= 4 is 34.8 Å². The summed E-state index contributed by atoms with van der Waals surface area (Å²) in [6.45, 7) is 4.26. The number of anilines is 2. The molecule has 2 aliphatic heterocycles. The first kappa shape index (κ1) is 12.5. The maximum Gasteiger partial charge on any atom is 0.296 e. The van der Waals surface area contributed by atoms with E-state index in [1.165, 1.54) is 6.42 Å². The predicted octanol–water partition coefficient (Wildman–Crippen LogP) is 2.15. The Balaban J connectivity index is 1.85. The number of fused-ring (bicyclic) bond motifs is 1. The van der Waals surface area contributed by atoms with Crippen LogP contribution in [0, 0.1) is 0 Å². The highest BCUT2D eigenvalue weighted by Gasteiger charge is 2.29. The molecule has 1 fully saturated rings. The van der Waals surface area contributed by atoms with Crippen LogP contribution in [0.5, 0.6) is 0 Å². The molecule has 0 spiro atoms. The van der Waals surface area contributed by atoms with Gasteiger partial charge in [-0.15, -0.1) is 0 Å². The van der Waals surface area contributed by atoms with Crippen molar-refractivity contribution in [2.45, 2.75) is 18.6 Å². The molecule has 0 radical (unpaired) electrons. The topological polar surface area (TPSA) is 49.4 Å². The third kappa shape index (κ3) is 2.23. The number of carbonyl (C=O) groups excluding carboxylic acids is 2. The Morgan fingerprint density at radius 3 is 3.05 bits per heavy atom. The van der Waals surface area contributed by atoms with Gasteiger partial charge in [-0.3, -0.25) is 9.59 Å². The lowest BCUT2D eigenvalue weighted by Crippen LogP contribution is -2.37. The maximum absolute atomic E-state index is 11.6. The van der Waals surface area contributed by atoms with Crippen LogP contribution in [0.3, 0.4) is 0 Å². The summed E-state index contributed by atoms with van der Waals surface area (Å²) in [5.74, 6) is 0.177. The molecular weight excluding hydrogens is 260 g/mol. The van der Waals surface area contributed by atoms with E-state index >= 15 is 0 Å². The zero-order chi connectivity index (χ0) is 13.4. The highest BCUT2D eigenvalue weighted by molar-refractivity contribution is 8.00. The SMILES string of the molecule is CCC1CN(c2ccc3c(c2)NC(=O)C3=O)CCS1. The molecule has 0 aromatic heterocycles. The molecule has 1 amide bonds. The van der Waals surface area contributed by atoms with Crippen LogP contribution in [0.15, 0.2) is 18.2 Å². The standard InChI is InChI=1S/C14H16N2O2S/c1-2-10-8-16(5-6-19-10)9-3-4-11-12(7-9)15-14(18)13(11)17/h3-4,7,10H,2,5-6,8H2,1H3,(H,15,17,18). The normalized spacial score (nSPS) is 22.4. The van der Waals surface area contributed by atoms with Crippen molar-refractivity contribution in [3.63, 3.8) is 0 Å². The molecule has 0 aliphatic carbocycles. The molecule has 1 N–H and O–H groups in total. The molecule has 0 bridgehead atoms. The van der Waals surface area contributed by atoms with E-state index in [0.29, 0.717) is 16.5 Å². The Labute approximate surface area is 116 Å². The first-order valence-electron chi connectivity index (χ1n) is 6.55. The Hall–Kier alpha value is -1.49. The molecule has 1 unspecified atom stereocenters. The Kier molecular flexibility index (Phi) is 3.22. The summed E-state index contributed by atoms with van der Waals surface area (Å²) < 4.78 is 0. The second-order valence-corrected chi connectivity index (χ2v) is 6.27. The molecule has 19 heavy (non-hydrogen) atoms. The second kappa shape index (κ2) is 4.89. The number of nitrogens with one attached hydrogen (secondary N) is 1. The van der Waals surface area contributed by atoms with Crippen LogP contribution >= 0.6 is 11.8 Å². The molecule has 100 valence electrons. The van der Waals surface area contributed by atoms with Crippen LogP contribution in [-0.2, 0) is 4.79 Å². The highest BCUT2D eigenvalue weighted by Crippen LogP contribution is 2.31. The van der Waals surface area contributed by atoms with Gasteiger partial charge in [0.25, 0.3) is 11.7 Å². The summed E-state index contributed by atoms with van der Waals surface area (Å²) >= 11 is 2.02. The molecule has 1 aromatic rings. The van der Waals surface area contributed by atoms with Gasteiger partial charge in [0.2, 0.25) is 0 Å². The van der Waals surface area contributed by atoms with E-state index in [1.54, 1.807) is 6.07 Å². The van der Waals surface area contributed by atoms with Gasteiger partial charge in [0.05, 0.1) is 11.3 Å². The van der Waals surface area contributed by atoms with Gasteiger partial charge >= 0.3 is 0 Å². The quantitative estimate of drug-likeness (QED) is 0.841. The number of carbonyl (C=O) groups is 2. The molecule has 2 heterocycles. The first-order valence-corrected chi connectivity index (χ1v) is 7.60. The van der Waals surface area contributed by atoms with E-state index in [1.807, 2.05) is 23.9 Å². The highest BCUT2D eigenvalue weighted by atomic mass is 32.2. The van der Waals surface area contributed by atoms with Crippen LogP contribution in [0.2, 0.25) is 0 Å². The van der Waals surface area contributed by atoms with E-state index in [4.69, 9.17) is 0 Å². The van der Waals surface area contributed by atoms with Gasteiger partial charge in [-0.25, -0.2) is 0 Å². The van der Waals surface area contributed by atoms with Crippen molar-refractivity contribution in [3.05, 3.63) is 23.8 Å². The van der Waals surface area contributed by atoms with Crippen molar-refractivity contribution in [1.29, 1.82) is 0 Å². The smallest absolute Gasteiger partial charge is 0.296 e. The van der Waals surface area contributed by atoms with E-state index in [-0.39, 0.29) is 0 Å². The second-order valence-electron chi connectivity index (χ2n) is 4.86. The molecule has 1 atom stereocenters. The number of hydrogen-bond acceptors (Lipinski definition) is 4. The largest absolute Gasteiger partial charge is 0.370 e. The number of rotatable bonds is 2. The third-order valence-electron chi connectivity index (χ3n) is 3.66. The molecule has 1 aromatic carbocycles. The average molecular weight is 276 g/mol. The minimum Gasteiger partial charge on any atom is -0.370 e. The zero-order valence-corrected chi connectivity index (χ0v) is 11.6. The number of Topliss-reactive ketones (excluding diaryl/α,β-unsaturated/α-hetero) is 1. The van der Waals surface area contributed by atoms with Crippen molar-refractivity contribution in [3.8, 4) is 0 Å². The number of nitrogens with zero attached hydrogens (tertiary/aromatic N) is 1. The van der Waals surface area contributed by atoms with Gasteiger partial charge < -0.3 is 10.2 Å². The van der Waals surface area contributed by atoms with Crippen molar-refractivity contribution in [2.24, 2.45) is 0 Å². The van der Waals surface area contributed by atoms with Gasteiger partial charge in [-0.2, -0.15) is 11.8 Å². The minimum atomic E-state index is -0.521. The Morgan fingerprint density at radius 1 is 1.42 bits per heavy atom. The first-order chi connectivity index (χ1) is 9.19. The van der Waals surface area contributed by atoms with E-state index in [2.05, 4.69) is 17.1 Å². The lowest BCUT2D eigenvalue weighted by atomic mass is 10.1. The monoisotopic (exact) mass is 276 g/mol. The third-order valence-corrected chi connectivity index (χ3v) is 5.03. The van der Waals surface area contributed by atoms with Gasteiger partial charge in [0.1, 0.15) is 0 Å². The van der Waals surface area contributed by atoms with Crippen molar-refractivity contribution in [1.82, 2.24) is 0 Å². The number of thioether (sulfide) groups is 1. The molecule has 2 aliphatic rings. The van der Waals surface area contributed by atoms with Gasteiger partial charge in [-0.05, 0) is 24.6 Å². The zero-order valence-electron chi connectivity index (χ0n) is 10.8. The molecule has 0 saturated carbocycles. The fourth-order valence-corrected chi connectivity index (χ4v) is 3.71. The van der Waals surface area contributed by atoms with E-state index < -0.39 is 11.7 Å². The number of benzene rings is 1. The number of ketones is 1. The molecule has 3 rings (SSSR count). The van der Waals surface area contributed by atoms with Crippen LogP contribution in [-0.4, -0.2) is 35.8 Å². The van der Waals surface area contributed by atoms with E-state index in [0.717, 1.165) is 24.5 Å². The lowest BCUT2D eigenvalue weighted by Gasteiger charge is -2.33. The predicted molar refractivity (Wildman–Crippen MR) is 78.2 cm³/mol. The maximum atomic E-state index is 11.6. The molecule has 4 nitrogen and oxygen atoms in total. The molecular formula is C14H16N2O2S.